The van der Waals surface area contributed by atoms with E-state index in [2.05, 4.69) is 111 Å². The van der Waals surface area contributed by atoms with Crippen molar-refractivity contribution in [2.75, 3.05) is 13.2 Å². The van der Waals surface area contributed by atoms with Crippen molar-refractivity contribution >= 4 is 264 Å². The molecular weight excluding hydrogens is 1250 g/mol. The van der Waals surface area contributed by atoms with Crippen molar-refractivity contribution in [3.05, 3.63) is 56.8 Å². The molecule has 0 aliphatic carbocycles. The molecule has 4 aromatic heterocycles. The molecule has 0 unspecified atom stereocenters. The number of carbonyl (C=O) groups excluding carboxylic acids is 1. The van der Waals surface area contributed by atoms with Gasteiger partial charge in [-0.25, -0.2) is 18.8 Å². The zero-order chi connectivity index (χ0) is 34.3. The molecule has 0 amide bonds. The van der Waals surface area contributed by atoms with Crippen molar-refractivity contribution in [3.8, 4) is 5.00 Å². The fraction of sp³-hybridized carbons (Fsp3) is 0.250. The van der Waals surface area contributed by atoms with Crippen LogP contribution in [0.3, 0.4) is 0 Å². The number of hydrogen-bond donors (Lipinski definition) is 3. The minimum atomic E-state index is -1.03. The van der Waals surface area contributed by atoms with Gasteiger partial charge in [-0.2, -0.15) is 22.2 Å². The summed E-state index contributed by atoms with van der Waals surface area (Å²) in [6, 6.07) is 0. The van der Waals surface area contributed by atoms with Crippen LogP contribution in [-0.2, 0) is 34.7 Å². The van der Waals surface area contributed by atoms with Crippen molar-refractivity contribution < 1.29 is 64.4 Å². The molecular formula is C20H17Br5CuIK2N6O10S3. The summed E-state index contributed by atoms with van der Waals surface area (Å²) in [6.45, 7) is 3.04. The fourth-order valence-corrected chi connectivity index (χ4v) is 4.30. The molecule has 5 heterocycles. The summed E-state index contributed by atoms with van der Waals surface area (Å²) in [5.41, 5.74) is 0.594. The molecule has 3 N–H and O–H groups in total. The predicted octanol–water partition coefficient (Wildman–Crippen LogP) is 6.43. The first-order chi connectivity index (χ1) is 21.2. The topological polar surface area (TPSA) is 226 Å². The Morgan fingerprint density at radius 2 is 1.40 bits per heavy atom. The van der Waals surface area contributed by atoms with Crippen LogP contribution in [0.5, 0.6) is 0 Å². The van der Waals surface area contributed by atoms with Crippen LogP contribution in [0.25, 0.3) is 5.00 Å². The van der Waals surface area contributed by atoms with Crippen molar-refractivity contribution in [2.45, 2.75) is 13.9 Å². The van der Waals surface area contributed by atoms with Crippen LogP contribution < -0.4 is 0 Å². The first-order valence-corrected chi connectivity index (χ1v) is 18.1. The van der Waals surface area contributed by atoms with Crippen LogP contribution in [0, 0.1) is 0 Å². The Hall–Kier alpha value is 2.75. The number of rotatable bonds is 6. The van der Waals surface area contributed by atoms with Gasteiger partial charge in [-0.05, 0) is 134 Å². The largest absolute Gasteiger partial charge is 1.00 e. The molecule has 1 fully saturated rings. The number of alkyl halides is 4. The summed E-state index contributed by atoms with van der Waals surface area (Å²) in [5.74, 6) is -2.89. The first-order valence-electron chi connectivity index (χ1n) is 10.9. The monoisotopic (exact) mass is 1260 g/mol. The van der Waals surface area contributed by atoms with Gasteiger partial charge in [-0.3, -0.25) is 0 Å². The van der Waals surface area contributed by atoms with Gasteiger partial charge < -0.3 is 29.7 Å². The molecule has 1 aliphatic heterocycles. The van der Waals surface area contributed by atoms with E-state index in [0.29, 0.717) is 8.79 Å². The van der Waals surface area contributed by atoms with E-state index in [0.717, 1.165) is 54.3 Å². The second-order valence-corrected chi connectivity index (χ2v) is 21.7. The van der Waals surface area contributed by atoms with Gasteiger partial charge in [0.25, 0.3) is 0 Å². The van der Waals surface area contributed by atoms with Gasteiger partial charge in [0.15, 0.2) is 29.1 Å². The molecule has 4 aromatic rings. The van der Waals surface area contributed by atoms with E-state index in [1.54, 1.807) is 0 Å². The normalized spacial score (nSPS) is 10.5. The molecule has 16 nitrogen and oxygen atoms in total. The van der Waals surface area contributed by atoms with E-state index < -0.39 is 17.9 Å². The molecule has 48 heavy (non-hydrogen) atoms. The molecule has 1 aliphatic rings. The summed E-state index contributed by atoms with van der Waals surface area (Å²) in [5, 5.41) is 34.9. The average Bonchev–Trinajstić information content (AvgIpc) is 3.81. The van der Waals surface area contributed by atoms with Crippen LogP contribution in [0.1, 0.15) is 43.9 Å². The number of halogens is 6. The van der Waals surface area contributed by atoms with Crippen molar-refractivity contribution in [3.63, 3.8) is 0 Å². The summed E-state index contributed by atoms with van der Waals surface area (Å²) in [7, 11) is 0. The molecule has 0 aromatic carbocycles. The van der Waals surface area contributed by atoms with E-state index in [-0.39, 0.29) is 138 Å². The third-order valence-electron chi connectivity index (χ3n) is 3.71. The number of hydrogen-bond acceptors (Lipinski definition) is 15. The van der Waals surface area contributed by atoms with Gasteiger partial charge in [0.05, 0.1) is 36.5 Å². The second kappa shape index (κ2) is 35.5. The fourth-order valence-electron chi connectivity index (χ4n) is 2.04. The van der Waals surface area contributed by atoms with Crippen molar-refractivity contribution in [1.82, 2.24) is 28.1 Å². The Kier molecular flexibility index (Phi) is 42.5. The summed E-state index contributed by atoms with van der Waals surface area (Å²) in [4.78, 5) is 44.6. The smallest absolute Gasteiger partial charge is 0.498 e. The number of ether oxygens (including phenoxy) is 1. The number of aromatic carboxylic acids is 3. The molecule has 0 bridgehead atoms. The van der Waals surface area contributed by atoms with Crippen LogP contribution in [0.2, 0.25) is 0 Å². The van der Waals surface area contributed by atoms with Crippen LogP contribution in [0.15, 0.2) is 40.2 Å². The van der Waals surface area contributed by atoms with Gasteiger partial charge in [0, 0.05) is 121 Å². The van der Waals surface area contributed by atoms with Crippen LogP contribution >= 0.6 is 137 Å². The molecule has 5 rings (SSSR count). The zero-order valence-corrected chi connectivity index (χ0v) is 43.7. The SMILES string of the molecule is BrC(Br)(Br)Br.C1CCOC1.O=C(O)c1cnsc1.O=C(O)c1cnsc1-n1nccn1.O=C(O)c1cnsc1Br.O=[C-]OOI.[Cu+].[K].[K]. The minimum Gasteiger partial charge on any atom is -0.498 e. The van der Waals surface area contributed by atoms with E-state index >= 15 is 0 Å². The Morgan fingerprint density at radius 1 is 0.896 bits per heavy atom. The van der Waals surface area contributed by atoms with E-state index in [9.17, 15) is 14.4 Å². The van der Waals surface area contributed by atoms with Gasteiger partial charge in [-0.1, -0.05) is 0 Å². The van der Waals surface area contributed by atoms with Gasteiger partial charge in [-0.15, -0.1) is 4.80 Å². The Morgan fingerprint density at radius 3 is 1.67 bits per heavy atom. The van der Waals surface area contributed by atoms with E-state index in [4.69, 9.17) is 24.9 Å². The van der Waals surface area contributed by atoms with Crippen LogP contribution in [-0.4, -0.2) is 185 Å². The maximum absolute atomic E-state index is 10.7. The standard InChI is InChI=1S/C6H4N4O2S.C4H2BrNO2S.C4H3NO2S.C4H8O.CBr4.CIO3.Cu.2K/c11-6(12)4-3-9-13-5(4)10-7-1-2-8-10;5-3-2(4(7)8)1-6-9-3;6-4(7)3-1-5-8-2-3;1-2-4-5-3-1;2-1(3,4)5;2-5-4-1-3;;;/h1-3H,(H,11,12);1H,(H,7,8);1-2H,(H,6,7);1-4H2;;;;;/q;;;;;-1;+1;;. The van der Waals surface area contributed by atoms with Gasteiger partial charge in [0.1, 0.15) is 14.9 Å². The number of carboxylic acids is 3. The summed E-state index contributed by atoms with van der Waals surface area (Å²) >= 11 is 20.2. The average molecular weight is 1270 g/mol. The molecule has 2 radical (unpaired) electrons. The Labute approximate surface area is 437 Å². The maximum atomic E-state index is 10.7. The number of nitrogens with zero attached hydrogens (tertiary/aromatic N) is 6. The summed E-state index contributed by atoms with van der Waals surface area (Å²) in [6.07, 6.45) is 9.44. The molecule has 260 valence electrons. The third kappa shape index (κ3) is 31.1. The van der Waals surface area contributed by atoms with Crippen molar-refractivity contribution in [1.29, 1.82) is 0 Å². The second-order valence-electron chi connectivity index (χ2n) is 6.68. The zero-order valence-electron chi connectivity index (χ0n) is 24.0. The Balaban J connectivity index is -0.000000249. The number of aromatic nitrogens is 6. The van der Waals surface area contributed by atoms with E-state index in [1.807, 2.05) is 0 Å². The number of carboxylic acid groups (broad SMARTS) is 3. The first kappa shape index (κ1) is 57.5. The summed E-state index contributed by atoms with van der Waals surface area (Å²) < 4.78 is 20.0. The van der Waals surface area contributed by atoms with Crippen LogP contribution in [0.4, 0.5) is 0 Å². The predicted molar refractivity (Wildman–Crippen MR) is 202 cm³/mol. The van der Waals surface area contributed by atoms with E-state index in [1.165, 1.54) is 77.0 Å². The van der Waals surface area contributed by atoms with Gasteiger partial charge >= 0.3 is 35.0 Å². The van der Waals surface area contributed by atoms with Crippen molar-refractivity contribution in [2.24, 2.45) is 0 Å². The Bertz CT molecular complexity index is 1400. The molecule has 28 heteroatoms. The molecule has 0 saturated carbocycles. The number of carbonyl (C=O) groups is 3. The molecule has 1 saturated heterocycles. The quantitative estimate of drug-likeness (QED) is 0.0472. The maximum Gasteiger partial charge on any atom is 1.00 e. The molecule has 0 atom stereocenters. The third-order valence-corrected chi connectivity index (χ3v) is 6.70. The molecule has 0 spiro atoms. The minimum absolute atomic E-state index is 0. The van der Waals surface area contributed by atoms with Gasteiger partial charge in [0.2, 0.25) is 0 Å².